The summed E-state index contributed by atoms with van der Waals surface area (Å²) >= 11 is 1.74. The summed E-state index contributed by atoms with van der Waals surface area (Å²) < 4.78 is 5.61. The zero-order valence-electron chi connectivity index (χ0n) is 15.5. The fourth-order valence-corrected chi connectivity index (χ4v) is 3.28. The number of nitrogens with zero attached hydrogens (tertiary/aromatic N) is 3. The second kappa shape index (κ2) is 9.05. The average molecular weight is 392 g/mol. The van der Waals surface area contributed by atoms with Gasteiger partial charge in [-0.05, 0) is 35.1 Å². The minimum absolute atomic E-state index is 0.0880. The maximum absolute atomic E-state index is 6.04. The number of aromatic nitrogens is 2. The summed E-state index contributed by atoms with van der Waals surface area (Å²) in [4.78, 5) is 5.37. The predicted molar refractivity (Wildman–Crippen MR) is 115 cm³/mol. The molecule has 0 unspecified atom stereocenters. The molecule has 3 rings (SSSR count). The average Bonchev–Trinajstić information content (AvgIpc) is 3.23. The normalized spacial score (nSPS) is 12.2. The van der Waals surface area contributed by atoms with Crippen LogP contribution >= 0.6 is 11.8 Å². The molecule has 7 heteroatoms. The lowest BCUT2D eigenvalue weighted by molar-refractivity contribution is 0.551. The molecule has 28 heavy (non-hydrogen) atoms. The molecule has 0 fully saturated rings. The van der Waals surface area contributed by atoms with Crippen molar-refractivity contribution in [2.45, 2.75) is 11.8 Å². The van der Waals surface area contributed by atoms with Crippen molar-refractivity contribution in [3.63, 3.8) is 0 Å². The van der Waals surface area contributed by atoms with Gasteiger partial charge in [0.05, 0.1) is 0 Å². The fraction of sp³-hybridized carbons (Fsp3) is 0.0952. The van der Waals surface area contributed by atoms with Crippen LogP contribution in [0.5, 0.6) is 0 Å². The van der Waals surface area contributed by atoms with E-state index >= 15 is 0 Å². The third-order valence-corrected chi connectivity index (χ3v) is 4.80. The Bertz CT molecular complexity index is 1020. The van der Waals surface area contributed by atoms with Gasteiger partial charge in [0.2, 0.25) is 5.89 Å². The Balaban J connectivity index is 1.79. The van der Waals surface area contributed by atoms with E-state index in [2.05, 4.69) is 34.8 Å². The summed E-state index contributed by atoms with van der Waals surface area (Å²) in [6.45, 7) is 6.19. The first kappa shape index (κ1) is 19.4. The Morgan fingerprint density at radius 1 is 1.11 bits per heavy atom. The van der Waals surface area contributed by atoms with E-state index in [4.69, 9.17) is 15.9 Å². The number of hydrogen-bond donors (Lipinski definition) is 2. The van der Waals surface area contributed by atoms with Gasteiger partial charge in [0, 0.05) is 16.7 Å². The topological polar surface area (TPSA) is 103 Å². The largest absolute Gasteiger partial charge is 0.415 e. The van der Waals surface area contributed by atoms with E-state index in [1.165, 1.54) is 0 Å². The highest BCUT2D eigenvalue weighted by Gasteiger charge is 2.13. The summed E-state index contributed by atoms with van der Waals surface area (Å²) in [7, 11) is 0. The first-order chi connectivity index (χ1) is 13.6. The van der Waals surface area contributed by atoms with Gasteiger partial charge >= 0.3 is 0 Å². The molecule has 0 amide bonds. The molecule has 0 saturated heterocycles. The van der Waals surface area contributed by atoms with Crippen molar-refractivity contribution in [1.29, 1.82) is 0 Å². The van der Waals surface area contributed by atoms with E-state index in [0.29, 0.717) is 5.89 Å². The van der Waals surface area contributed by atoms with Gasteiger partial charge in [-0.2, -0.15) is 0 Å². The highest BCUT2D eigenvalue weighted by molar-refractivity contribution is 7.99. The molecule has 0 aliphatic heterocycles. The molecule has 0 atom stereocenters. The van der Waals surface area contributed by atoms with Crippen LogP contribution in [0.1, 0.15) is 18.4 Å². The van der Waals surface area contributed by atoms with Crippen molar-refractivity contribution >= 4 is 29.2 Å². The number of thioether (sulfide) groups is 1. The molecule has 0 aliphatic rings. The van der Waals surface area contributed by atoms with Gasteiger partial charge in [0.15, 0.2) is 5.82 Å². The van der Waals surface area contributed by atoms with Crippen LogP contribution in [0.15, 0.2) is 81.3 Å². The van der Waals surface area contributed by atoms with Crippen LogP contribution in [-0.2, 0) is 0 Å². The molecular formula is C21H21N5OS. The molecule has 142 valence electrons. The lowest BCUT2D eigenvalue weighted by atomic mass is 10.1. The first-order valence-electron chi connectivity index (χ1n) is 8.69. The molecular weight excluding hydrogens is 370 g/mol. The summed E-state index contributed by atoms with van der Waals surface area (Å²) in [6.07, 6.45) is 1.59. The van der Waals surface area contributed by atoms with Gasteiger partial charge in [-0.25, -0.2) is 4.99 Å². The minimum atomic E-state index is 0.0880. The zero-order valence-corrected chi connectivity index (χ0v) is 16.3. The first-order valence-corrected chi connectivity index (χ1v) is 9.68. The van der Waals surface area contributed by atoms with E-state index in [0.717, 1.165) is 27.3 Å². The monoisotopic (exact) mass is 391 g/mol. The summed E-state index contributed by atoms with van der Waals surface area (Å²) in [5.74, 6) is 1.55. The molecule has 3 aromatic rings. The van der Waals surface area contributed by atoms with Gasteiger partial charge in [0.25, 0.3) is 5.89 Å². The summed E-state index contributed by atoms with van der Waals surface area (Å²) in [5.41, 5.74) is 14.7. The number of allylic oxidation sites excluding steroid dienone is 1. The quantitative estimate of drug-likeness (QED) is 0.463. The Morgan fingerprint density at radius 3 is 2.57 bits per heavy atom. The number of rotatable bonds is 7. The van der Waals surface area contributed by atoms with E-state index in [9.17, 15) is 0 Å². The van der Waals surface area contributed by atoms with E-state index in [1.807, 2.05) is 48.5 Å². The molecule has 6 nitrogen and oxygen atoms in total. The van der Waals surface area contributed by atoms with E-state index < -0.39 is 0 Å². The predicted octanol–water partition coefficient (Wildman–Crippen LogP) is 4.18. The second-order valence-electron chi connectivity index (χ2n) is 5.79. The minimum Gasteiger partial charge on any atom is -0.415 e. The Kier molecular flexibility index (Phi) is 6.29. The van der Waals surface area contributed by atoms with Crippen LogP contribution in [0.3, 0.4) is 0 Å². The van der Waals surface area contributed by atoms with E-state index in [-0.39, 0.29) is 17.4 Å². The highest BCUT2D eigenvalue weighted by atomic mass is 32.2. The van der Waals surface area contributed by atoms with Crippen LogP contribution in [0.4, 0.5) is 0 Å². The van der Waals surface area contributed by atoms with Gasteiger partial charge < -0.3 is 15.9 Å². The standard InChI is InChI=1S/C21H21N5OS/c1-3-28-17-12-8-7-11-16(17)14(2)13-24-19(23)18(22)21-26-25-20(27-21)15-9-5-4-6-10-15/h4-13H,2-3,22-23H2,1H3/b19-18-,24-13-. The van der Waals surface area contributed by atoms with Crippen LogP contribution in [0.25, 0.3) is 22.7 Å². The molecule has 4 N–H and O–H groups in total. The van der Waals surface area contributed by atoms with Gasteiger partial charge in [-0.3, -0.25) is 0 Å². The number of benzene rings is 2. The third kappa shape index (κ3) is 4.50. The van der Waals surface area contributed by atoms with Crippen LogP contribution in [0.2, 0.25) is 0 Å². The maximum atomic E-state index is 6.04. The van der Waals surface area contributed by atoms with Crippen molar-refractivity contribution in [3.8, 4) is 11.5 Å². The third-order valence-electron chi connectivity index (χ3n) is 3.84. The molecule has 0 bridgehead atoms. The van der Waals surface area contributed by atoms with Crippen molar-refractivity contribution in [1.82, 2.24) is 10.2 Å². The molecule has 0 aliphatic carbocycles. The SMILES string of the molecule is C=C(/C=N\C(N)=C(/N)c1nnc(-c2ccccc2)o1)c1ccccc1SCC. The smallest absolute Gasteiger partial charge is 0.267 e. The number of aliphatic imine (C=N–C) groups is 1. The van der Waals surface area contributed by atoms with Crippen molar-refractivity contribution < 1.29 is 4.42 Å². The lowest BCUT2D eigenvalue weighted by Crippen LogP contribution is -2.07. The highest BCUT2D eigenvalue weighted by Crippen LogP contribution is 2.26. The van der Waals surface area contributed by atoms with Crippen LogP contribution < -0.4 is 11.5 Å². The van der Waals surface area contributed by atoms with Gasteiger partial charge in [-0.1, -0.05) is 49.9 Å². The van der Waals surface area contributed by atoms with Gasteiger partial charge in [-0.15, -0.1) is 22.0 Å². The van der Waals surface area contributed by atoms with Crippen molar-refractivity contribution in [2.24, 2.45) is 16.5 Å². The van der Waals surface area contributed by atoms with Gasteiger partial charge in [0.1, 0.15) is 5.70 Å². The molecule has 0 saturated carbocycles. The molecule has 2 aromatic carbocycles. The molecule has 1 heterocycles. The number of hydrogen-bond acceptors (Lipinski definition) is 7. The Hall–Kier alpha value is -3.32. The maximum Gasteiger partial charge on any atom is 0.267 e. The summed E-state index contributed by atoms with van der Waals surface area (Å²) in [6, 6.07) is 17.4. The zero-order chi connectivity index (χ0) is 19.9. The van der Waals surface area contributed by atoms with Crippen molar-refractivity contribution in [2.75, 3.05) is 5.75 Å². The second-order valence-corrected chi connectivity index (χ2v) is 7.10. The molecule has 0 radical (unpaired) electrons. The fourth-order valence-electron chi connectivity index (χ4n) is 2.44. The Morgan fingerprint density at radius 2 is 1.82 bits per heavy atom. The summed E-state index contributed by atoms with van der Waals surface area (Å²) in [5, 5.41) is 7.96. The van der Waals surface area contributed by atoms with Crippen LogP contribution in [-0.4, -0.2) is 22.2 Å². The van der Waals surface area contributed by atoms with Crippen LogP contribution in [0, 0.1) is 0 Å². The molecule has 0 spiro atoms. The lowest BCUT2D eigenvalue weighted by Gasteiger charge is -2.07. The van der Waals surface area contributed by atoms with E-state index in [1.54, 1.807) is 18.0 Å². The Labute approximate surface area is 168 Å². The number of nitrogens with two attached hydrogens (primary N) is 2. The van der Waals surface area contributed by atoms with Crippen molar-refractivity contribution in [3.05, 3.63) is 78.5 Å². The molecule has 1 aromatic heterocycles.